The molecule has 1 N–H and O–H groups in total. The molecule has 236 valence electrons. The number of carbonyl (C=O) groups excluding carboxylic acids is 2. The molecule has 4 heterocycles. The fourth-order valence-electron chi connectivity index (χ4n) is 5.32. The molecule has 0 saturated carbocycles. The van der Waals surface area contributed by atoms with Gasteiger partial charge < -0.3 is 29.0 Å². The maximum absolute atomic E-state index is 14.0. The lowest BCUT2D eigenvalue weighted by molar-refractivity contribution is -0.137. The van der Waals surface area contributed by atoms with Gasteiger partial charge in [0.2, 0.25) is 11.8 Å². The van der Waals surface area contributed by atoms with Crippen LogP contribution in [0.1, 0.15) is 27.2 Å². The van der Waals surface area contributed by atoms with Crippen LogP contribution in [0, 0.1) is 5.41 Å². The summed E-state index contributed by atoms with van der Waals surface area (Å²) in [7, 11) is 1.57. The normalized spacial score (nSPS) is 16.5. The van der Waals surface area contributed by atoms with Crippen molar-refractivity contribution in [1.29, 1.82) is 0 Å². The first-order chi connectivity index (χ1) is 22.1. The number of halogens is 1. The SMILES string of the molecule is COc1cnc(O/C=C2/C[C@@H](C=O)N(C(=O)[C@@H](Nc3nc(-c4cc(-c5ccccc5)no4)cs3)C(C)(C)C)C2)c2cc(Cl)ccc12. The Labute approximate surface area is 275 Å². The molecule has 3 aromatic heterocycles. The molecule has 1 fully saturated rings. The van der Waals surface area contributed by atoms with Gasteiger partial charge in [0.05, 0.1) is 25.6 Å². The van der Waals surface area contributed by atoms with Crippen LogP contribution >= 0.6 is 22.9 Å². The van der Waals surface area contributed by atoms with Crippen molar-refractivity contribution in [2.24, 2.45) is 5.41 Å². The van der Waals surface area contributed by atoms with E-state index in [9.17, 15) is 9.59 Å². The number of hydrogen-bond donors (Lipinski definition) is 1. The molecular formula is C34H32ClN5O5S. The molecule has 2 aromatic carbocycles. The molecule has 0 aliphatic carbocycles. The Morgan fingerprint density at radius 3 is 2.70 bits per heavy atom. The lowest BCUT2D eigenvalue weighted by Gasteiger charge is -2.34. The number of likely N-dealkylation sites (tertiary alicyclic amines) is 1. The molecule has 2 atom stereocenters. The monoisotopic (exact) mass is 657 g/mol. The van der Waals surface area contributed by atoms with Crippen molar-refractivity contribution in [1.82, 2.24) is 20.0 Å². The molecule has 46 heavy (non-hydrogen) atoms. The summed E-state index contributed by atoms with van der Waals surface area (Å²) in [4.78, 5) is 36.9. The van der Waals surface area contributed by atoms with Crippen LogP contribution in [0.4, 0.5) is 5.13 Å². The number of nitrogens with zero attached hydrogens (tertiary/aromatic N) is 4. The van der Waals surface area contributed by atoms with Crippen LogP contribution in [-0.2, 0) is 9.59 Å². The quantitative estimate of drug-likeness (QED) is 0.129. The number of aldehydes is 1. The Morgan fingerprint density at radius 2 is 1.96 bits per heavy atom. The second-order valence-electron chi connectivity index (χ2n) is 12.0. The van der Waals surface area contributed by atoms with E-state index < -0.39 is 17.5 Å². The highest BCUT2D eigenvalue weighted by Gasteiger charge is 2.40. The van der Waals surface area contributed by atoms with Crippen molar-refractivity contribution in [2.45, 2.75) is 39.3 Å². The third-order valence-electron chi connectivity index (χ3n) is 7.74. The van der Waals surface area contributed by atoms with Crippen molar-refractivity contribution in [3.05, 3.63) is 83.0 Å². The number of thiazole rings is 1. The standard InChI is InChI=1S/C34H32ClN5O5S/c1-34(2,3)30(38-33-37-27(19-46-33)28-14-26(39-45-28)21-8-6-5-7-9-21)32(42)40-16-20(12-23(40)17-41)18-44-31-25-13-22(35)10-11-24(25)29(43-4)15-36-31/h5-11,13-15,17-19,23,30H,12,16H2,1-4H3,(H,37,38)/b20-18-/t23-,30+/m0/s1. The van der Waals surface area contributed by atoms with Gasteiger partial charge in [-0.3, -0.25) is 4.79 Å². The van der Waals surface area contributed by atoms with Crippen molar-refractivity contribution >= 4 is 51.0 Å². The number of rotatable bonds is 9. The van der Waals surface area contributed by atoms with E-state index in [1.165, 1.54) is 11.3 Å². The first-order valence-corrected chi connectivity index (χ1v) is 15.9. The van der Waals surface area contributed by atoms with Gasteiger partial charge in [-0.05, 0) is 29.2 Å². The minimum Gasteiger partial charge on any atom is -0.494 e. The van der Waals surface area contributed by atoms with Crippen LogP contribution in [0.25, 0.3) is 33.5 Å². The molecule has 6 rings (SSSR count). The summed E-state index contributed by atoms with van der Waals surface area (Å²) in [5.41, 5.74) is 2.54. The molecule has 0 spiro atoms. The zero-order valence-corrected chi connectivity index (χ0v) is 27.3. The van der Waals surface area contributed by atoms with Crippen molar-refractivity contribution in [3.63, 3.8) is 0 Å². The number of fused-ring (bicyclic) bond motifs is 1. The van der Waals surface area contributed by atoms with Gasteiger partial charge in [0.15, 0.2) is 10.9 Å². The van der Waals surface area contributed by atoms with E-state index in [0.29, 0.717) is 50.7 Å². The number of pyridine rings is 1. The third-order valence-corrected chi connectivity index (χ3v) is 8.74. The Morgan fingerprint density at radius 1 is 1.15 bits per heavy atom. The predicted octanol–water partition coefficient (Wildman–Crippen LogP) is 7.26. The van der Waals surface area contributed by atoms with Crippen LogP contribution in [0.3, 0.4) is 0 Å². The lowest BCUT2D eigenvalue weighted by atomic mass is 9.85. The zero-order valence-electron chi connectivity index (χ0n) is 25.7. The van der Waals surface area contributed by atoms with E-state index in [0.717, 1.165) is 22.8 Å². The zero-order chi connectivity index (χ0) is 32.4. The average Bonchev–Trinajstić information content (AvgIpc) is 3.82. The van der Waals surface area contributed by atoms with Crippen LogP contribution in [-0.4, -0.2) is 58.0 Å². The Hall–Kier alpha value is -4.74. The van der Waals surface area contributed by atoms with E-state index in [-0.39, 0.29) is 12.5 Å². The molecule has 1 aliphatic heterocycles. The number of methoxy groups -OCH3 is 1. The molecule has 0 bridgehead atoms. The van der Waals surface area contributed by atoms with Gasteiger partial charge in [-0.1, -0.05) is 67.9 Å². The molecule has 1 saturated heterocycles. The van der Waals surface area contributed by atoms with Gasteiger partial charge in [-0.25, -0.2) is 9.97 Å². The Kier molecular flexibility index (Phi) is 8.79. The highest BCUT2D eigenvalue weighted by Crippen LogP contribution is 2.35. The van der Waals surface area contributed by atoms with Crippen LogP contribution in [0.2, 0.25) is 5.02 Å². The first-order valence-electron chi connectivity index (χ1n) is 14.6. The summed E-state index contributed by atoms with van der Waals surface area (Å²) in [5, 5.41) is 11.9. The smallest absolute Gasteiger partial charge is 0.246 e. The van der Waals surface area contributed by atoms with E-state index in [1.807, 2.05) is 68.6 Å². The number of ether oxygens (including phenoxy) is 2. The molecule has 10 nitrogen and oxygen atoms in total. The third kappa shape index (κ3) is 6.47. The maximum atomic E-state index is 14.0. The second-order valence-corrected chi connectivity index (χ2v) is 13.3. The molecule has 5 aromatic rings. The first kappa shape index (κ1) is 31.3. The molecule has 0 unspecified atom stereocenters. The van der Waals surface area contributed by atoms with Gasteiger partial charge >= 0.3 is 0 Å². The van der Waals surface area contributed by atoms with Crippen LogP contribution in [0.5, 0.6) is 11.6 Å². The molecular weight excluding hydrogens is 626 g/mol. The summed E-state index contributed by atoms with van der Waals surface area (Å²) < 4.78 is 17.0. The summed E-state index contributed by atoms with van der Waals surface area (Å²) in [6.07, 6.45) is 4.29. The molecule has 12 heteroatoms. The minimum atomic E-state index is -0.668. The fraction of sp³-hybridized carbons (Fsp3) is 0.265. The second kappa shape index (κ2) is 12.9. The fourth-order valence-corrected chi connectivity index (χ4v) is 6.22. The predicted molar refractivity (Wildman–Crippen MR) is 178 cm³/mol. The highest BCUT2D eigenvalue weighted by atomic mass is 35.5. The Bertz CT molecular complexity index is 1920. The topological polar surface area (TPSA) is 120 Å². The maximum Gasteiger partial charge on any atom is 0.246 e. The van der Waals surface area contributed by atoms with Gasteiger partial charge in [-0.15, -0.1) is 11.3 Å². The Balaban J connectivity index is 1.19. The van der Waals surface area contributed by atoms with Crippen LogP contribution < -0.4 is 14.8 Å². The lowest BCUT2D eigenvalue weighted by Crippen LogP contribution is -2.51. The number of benzene rings is 2. The number of aromatic nitrogens is 3. The molecule has 0 radical (unpaired) electrons. The van der Waals surface area contributed by atoms with Gasteiger partial charge in [0, 0.05) is 45.8 Å². The minimum absolute atomic E-state index is 0.212. The average molecular weight is 658 g/mol. The van der Waals surface area contributed by atoms with Crippen LogP contribution in [0.15, 0.2) is 82.5 Å². The molecule has 1 amide bonds. The number of carbonyl (C=O) groups is 2. The summed E-state index contributed by atoms with van der Waals surface area (Å²) in [6, 6.07) is 15.6. The number of amides is 1. The van der Waals surface area contributed by atoms with E-state index >= 15 is 0 Å². The van der Waals surface area contributed by atoms with E-state index in [1.54, 1.807) is 36.6 Å². The van der Waals surface area contributed by atoms with Gasteiger partial charge in [0.1, 0.15) is 29.5 Å². The molecule has 1 aliphatic rings. The van der Waals surface area contributed by atoms with E-state index in [2.05, 4.69) is 20.4 Å². The summed E-state index contributed by atoms with van der Waals surface area (Å²) >= 11 is 7.61. The number of nitrogens with one attached hydrogen (secondary N) is 1. The summed E-state index contributed by atoms with van der Waals surface area (Å²) in [5.74, 6) is 1.25. The number of anilines is 1. The largest absolute Gasteiger partial charge is 0.494 e. The van der Waals surface area contributed by atoms with Crippen molar-refractivity contribution in [2.75, 3.05) is 19.0 Å². The van der Waals surface area contributed by atoms with Crippen molar-refractivity contribution in [3.8, 4) is 34.3 Å². The van der Waals surface area contributed by atoms with Gasteiger partial charge in [0.25, 0.3) is 0 Å². The van der Waals surface area contributed by atoms with E-state index in [4.69, 9.17) is 25.6 Å². The number of hydrogen-bond acceptors (Lipinski definition) is 10. The van der Waals surface area contributed by atoms with Crippen molar-refractivity contribution < 1.29 is 23.6 Å². The van der Waals surface area contributed by atoms with Gasteiger partial charge in [-0.2, -0.15) is 0 Å². The summed E-state index contributed by atoms with van der Waals surface area (Å²) in [6.45, 7) is 6.14. The highest BCUT2D eigenvalue weighted by molar-refractivity contribution is 7.14.